The third-order valence-electron chi connectivity index (χ3n) is 3.07. The van der Waals surface area contributed by atoms with Crippen LogP contribution >= 0.6 is 11.6 Å². The molecule has 1 aliphatic rings. The van der Waals surface area contributed by atoms with Crippen LogP contribution in [0.25, 0.3) is 11.0 Å². The van der Waals surface area contributed by atoms with Gasteiger partial charge in [-0.3, -0.25) is 0 Å². The van der Waals surface area contributed by atoms with Gasteiger partial charge in [-0.2, -0.15) is 0 Å². The summed E-state index contributed by atoms with van der Waals surface area (Å²) in [5.74, 6) is 0. The van der Waals surface area contributed by atoms with E-state index in [0.29, 0.717) is 16.2 Å². The van der Waals surface area contributed by atoms with Gasteiger partial charge in [0.2, 0.25) is 0 Å². The van der Waals surface area contributed by atoms with Crippen molar-refractivity contribution in [2.75, 3.05) is 6.61 Å². The molecule has 0 aromatic carbocycles. The Balaban J connectivity index is 2.02. The number of halogens is 2. The van der Waals surface area contributed by atoms with Gasteiger partial charge in [-0.05, 0) is 6.07 Å². The lowest BCUT2D eigenvalue weighted by atomic mass is 10.2. The molecule has 1 saturated heterocycles. The minimum absolute atomic E-state index is 0.180. The minimum Gasteiger partial charge on any atom is -0.394 e. The quantitative estimate of drug-likeness (QED) is 0.845. The maximum atomic E-state index is 13.9. The average molecular weight is 272 g/mol. The van der Waals surface area contributed by atoms with E-state index >= 15 is 0 Å². The standard InChI is InChI=1S/C11H11ClFN3O2/c12-9-7-1-2-16(10(7)15-5-14-9)11-8(13)3-6(4-17)18-11/h1-2,5-6,8,11,17H,3-4H2. The molecule has 7 heteroatoms. The Labute approximate surface area is 107 Å². The highest BCUT2D eigenvalue weighted by Crippen LogP contribution is 2.34. The van der Waals surface area contributed by atoms with Crippen LogP contribution in [0.5, 0.6) is 0 Å². The van der Waals surface area contributed by atoms with E-state index in [1.807, 2.05) is 0 Å². The summed E-state index contributed by atoms with van der Waals surface area (Å²) < 4.78 is 20.9. The topological polar surface area (TPSA) is 60.2 Å². The van der Waals surface area contributed by atoms with E-state index in [2.05, 4.69) is 9.97 Å². The lowest BCUT2D eigenvalue weighted by molar-refractivity contribution is -0.0348. The molecular formula is C11H11ClFN3O2. The molecule has 0 spiro atoms. The summed E-state index contributed by atoms with van der Waals surface area (Å²) in [5.41, 5.74) is 0.529. The van der Waals surface area contributed by atoms with Crippen molar-refractivity contribution in [1.29, 1.82) is 0 Å². The van der Waals surface area contributed by atoms with Crippen molar-refractivity contribution in [2.45, 2.75) is 24.9 Å². The number of aliphatic hydroxyl groups is 1. The lowest BCUT2D eigenvalue weighted by Crippen LogP contribution is -2.16. The molecule has 0 bridgehead atoms. The summed E-state index contributed by atoms with van der Waals surface area (Å²) in [5, 5.41) is 9.99. The number of hydrogen-bond acceptors (Lipinski definition) is 4. The second-order valence-electron chi connectivity index (χ2n) is 4.21. The van der Waals surface area contributed by atoms with E-state index < -0.39 is 18.5 Å². The molecule has 0 amide bonds. The first-order valence-electron chi connectivity index (χ1n) is 5.58. The molecule has 3 rings (SSSR count). The number of rotatable bonds is 2. The maximum absolute atomic E-state index is 13.9. The highest BCUT2D eigenvalue weighted by molar-refractivity contribution is 6.33. The Morgan fingerprint density at radius 2 is 2.39 bits per heavy atom. The van der Waals surface area contributed by atoms with E-state index in [1.54, 1.807) is 16.8 Å². The Hall–Kier alpha value is -1.24. The molecule has 5 nitrogen and oxygen atoms in total. The monoisotopic (exact) mass is 271 g/mol. The summed E-state index contributed by atoms with van der Waals surface area (Å²) in [6.07, 6.45) is 0.756. The van der Waals surface area contributed by atoms with Crippen molar-refractivity contribution >= 4 is 22.6 Å². The zero-order valence-corrected chi connectivity index (χ0v) is 10.1. The number of hydrogen-bond donors (Lipinski definition) is 1. The van der Waals surface area contributed by atoms with Crippen LogP contribution in [0.15, 0.2) is 18.6 Å². The van der Waals surface area contributed by atoms with Crippen molar-refractivity contribution in [3.63, 3.8) is 0 Å². The fraction of sp³-hybridized carbons (Fsp3) is 0.455. The van der Waals surface area contributed by atoms with E-state index in [-0.39, 0.29) is 13.0 Å². The van der Waals surface area contributed by atoms with Crippen molar-refractivity contribution < 1.29 is 14.2 Å². The van der Waals surface area contributed by atoms with Crippen LogP contribution in [-0.2, 0) is 4.74 Å². The third kappa shape index (κ3) is 1.77. The molecule has 96 valence electrons. The SMILES string of the molecule is OCC1CC(F)C(n2ccc3c(Cl)ncnc32)O1. The van der Waals surface area contributed by atoms with Gasteiger partial charge in [-0.15, -0.1) is 0 Å². The van der Waals surface area contributed by atoms with Gasteiger partial charge in [0.1, 0.15) is 23.3 Å². The fourth-order valence-electron chi connectivity index (χ4n) is 2.21. The minimum atomic E-state index is -1.17. The van der Waals surface area contributed by atoms with Gasteiger partial charge in [-0.1, -0.05) is 11.6 Å². The summed E-state index contributed by atoms with van der Waals surface area (Å²) in [7, 11) is 0. The fourth-order valence-corrected chi connectivity index (χ4v) is 2.40. The zero-order valence-electron chi connectivity index (χ0n) is 9.33. The Morgan fingerprint density at radius 3 is 3.11 bits per heavy atom. The number of aromatic nitrogens is 3. The van der Waals surface area contributed by atoms with Gasteiger partial charge in [-0.25, -0.2) is 14.4 Å². The normalized spacial score (nSPS) is 28.1. The largest absolute Gasteiger partial charge is 0.394 e. The van der Waals surface area contributed by atoms with E-state index in [9.17, 15) is 4.39 Å². The number of ether oxygens (including phenoxy) is 1. The first kappa shape index (κ1) is 11.8. The molecule has 3 heterocycles. The first-order valence-corrected chi connectivity index (χ1v) is 5.96. The second-order valence-corrected chi connectivity index (χ2v) is 4.57. The first-order chi connectivity index (χ1) is 8.70. The second kappa shape index (κ2) is 4.46. The lowest BCUT2D eigenvalue weighted by Gasteiger charge is -2.16. The summed E-state index contributed by atoms with van der Waals surface area (Å²) in [4.78, 5) is 7.95. The van der Waals surface area contributed by atoms with Gasteiger partial charge >= 0.3 is 0 Å². The highest BCUT2D eigenvalue weighted by Gasteiger charge is 2.36. The van der Waals surface area contributed by atoms with Crippen LogP contribution in [0.4, 0.5) is 4.39 Å². The van der Waals surface area contributed by atoms with Crippen molar-refractivity contribution in [3.05, 3.63) is 23.7 Å². The average Bonchev–Trinajstić information content (AvgIpc) is 2.93. The summed E-state index contributed by atoms with van der Waals surface area (Å²) in [6.45, 7) is -0.189. The van der Waals surface area contributed by atoms with Crippen molar-refractivity contribution in [3.8, 4) is 0 Å². The van der Waals surface area contributed by atoms with Crippen LogP contribution in [0.2, 0.25) is 5.15 Å². The smallest absolute Gasteiger partial charge is 0.167 e. The van der Waals surface area contributed by atoms with Gasteiger partial charge in [0.15, 0.2) is 6.23 Å². The Bertz CT molecular complexity index is 576. The predicted molar refractivity (Wildman–Crippen MR) is 63.0 cm³/mol. The third-order valence-corrected chi connectivity index (χ3v) is 3.37. The number of fused-ring (bicyclic) bond motifs is 1. The molecule has 0 saturated carbocycles. The summed E-state index contributed by atoms with van der Waals surface area (Å²) in [6, 6.07) is 1.72. The van der Waals surface area contributed by atoms with Crippen LogP contribution in [0.3, 0.4) is 0 Å². The maximum Gasteiger partial charge on any atom is 0.167 e. The molecule has 1 fully saturated rings. The van der Waals surface area contributed by atoms with Crippen molar-refractivity contribution in [1.82, 2.24) is 14.5 Å². The van der Waals surface area contributed by atoms with E-state index in [4.69, 9.17) is 21.4 Å². The molecule has 2 aromatic rings. The van der Waals surface area contributed by atoms with E-state index in [1.165, 1.54) is 6.33 Å². The molecule has 0 radical (unpaired) electrons. The molecule has 3 atom stereocenters. The van der Waals surface area contributed by atoms with Crippen LogP contribution in [-0.4, -0.2) is 38.5 Å². The number of aliphatic hydroxyl groups excluding tert-OH is 1. The highest BCUT2D eigenvalue weighted by atomic mass is 35.5. The van der Waals surface area contributed by atoms with Crippen LogP contribution < -0.4 is 0 Å². The van der Waals surface area contributed by atoms with Crippen molar-refractivity contribution in [2.24, 2.45) is 0 Å². The van der Waals surface area contributed by atoms with E-state index in [0.717, 1.165) is 0 Å². The van der Waals surface area contributed by atoms with Crippen LogP contribution in [0.1, 0.15) is 12.6 Å². The molecule has 18 heavy (non-hydrogen) atoms. The molecule has 2 aromatic heterocycles. The predicted octanol–water partition coefficient (Wildman–Crippen LogP) is 1.70. The molecule has 3 unspecified atom stereocenters. The van der Waals surface area contributed by atoms with Gasteiger partial charge in [0.05, 0.1) is 18.1 Å². The van der Waals surface area contributed by atoms with Gasteiger partial charge < -0.3 is 14.4 Å². The number of alkyl halides is 1. The Kier molecular flexibility index (Phi) is 2.93. The number of nitrogens with zero attached hydrogens (tertiary/aromatic N) is 3. The molecular weight excluding hydrogens is 261 g/mol. The molecule has 1 aliphatic heterocycles. The van der Waals surface area contributed by atoms with Gasteiger partial charge in [0, 0.05) is 12.6 Å². The summed E-state index contributed by atoms with van der Waals surface area (Å²) >= 11 is 5.93. The Morgan fingerprint density at radius 1 is 1.56 bits per heavy atom. The van der Waals surface area contributed by atoms with Crippen LogP contribution in [0, 0.1) is 0 Å². The zero-order chi connectivity index (χ0) is 12.7. The van der Waals surface area contributed by atoms with Gasteiger partial charge in [0.25, 0.3) is 0 Å². The molecule has 0 aliphatic carbocycles. The molecule has 1 N–H and O–H groups in total.